The topological polar surface area (TPSA) is 69.7 Å². The predicted octanol–water partition coefficient (Wildman–Crippen LogP) is 3.42. The van der Waals surface area contributed by atoms with Gasteiger partial charge in [-0.15, -0.1) is 0 Å². The molecule has 0 fully saturated rings. The molecule has 24 heavy (non-hydrogen) atoms. The average molecular weight is 338 g/mol. The molecule has 6 nitrogen and oxygen atoms in total. The molecule has 0 saturated carbocycles. The molecule has 1 rings (SSSR count). The van der Waals surface area contributed by atoms with Crippen LogP contribution in [0.1, 0.15) is 46.5 Å². The number of methoxy groups -OCH3 is 1. The molecule has 0 spiro atoms. The third kappa shape index (κ3) is 6.84. The minimum Gasteiger partial charge on any atom is -0.475 e. The van der Waals surface area contributed by atoms with E-state index in [9.17, 15) is 4.79 Å². The lowest BCUT2D eigenvalue weighted by Crippen LogP contribution is -2.43. The Morgan fingerprint density at radius 3 is 2.58 bits per heavy atom. The summed E-state index contributed by atoms with van der Waals surface area (Å²) in [6.45, 7) is 7.50. The summed E-state index contributed by atoms with van der Waals surface area (Å²) in [5, 5.41) is 2.89. The Hall–Kier alpha value is -1.66. The SMILES string of the molecule is CCCCC(C)(OCCC)C(=O)Nc1ccc(OCCOC)nc1. The molecule has 0 saturated heterocycles. The van der Waals surface area contributed by atoms with Gasteiger partial charge in [0.1, 0.15) is 12.2 Å². The van der Waals surface area contributed by atoms with E-state index in [1.165, 1.54) is 0 Å². The fourth-order valence-electron chi connectivity index (χ4n) is 2.13. The van der Waals surface area contributed by atoms with E-state index in [-0.39, 0.29) is 5.91 Å². The van der Waals surface area contributed by atoms with Crippen molar-refractivity contribution in [2.24, 2.45) is 0 Å². The maximum absolute atomic E-state index is 12.6. The summed E-state index contributed by atoms with van der Waals surface area (Å²) in [5.74, 6) is 0.361. The van der Waals surface area contributed by atoms with Gasteiger partial charge in [-0.25, -0.2) is 4.98 Å². The lowest BCUT2D eigenvalue weighted by Gasteiger charge is -2.28. The largest absolute Gasteiger partial charge is 0.475 e. The maximum atomic E-state index is 12.6. The van der Waals surface area contributed by atoms with Crippen LogP contribution in [-0.2, 0) is 14.3 Å². The van der Waals surface area contributed by atoms with Crippen LogP contribution in [0.15, 0.2) is 18.3 Å². The molecule has 1 aromatic heterocycles. The van der Waals surface area contributed by atoms with Crippen LogP contribution in [0.2, 0.25) is 0 Å². The average Bonchev–Trinajstić information content (AvgIpc) is 2.60. The third-order valence-corrected chi connectivity index (χ3v) is 3.64. The van der Waals surface area contributed by atoms with Gasteiger partial charge >= 0.3 is 0 Å². The fourth-order valence-corrected chi connectivity index (χ4v) is 2.13. The Kier molecular flexibility index (Phi) is 9.34. The standard InChI is InChI=1S/C18H30N2O4/c1-5-7-10-18(3,24-11-6-2)17(21)20-15-8-9-16(19-14-15)23-13-12-22-4/h8-9,14H,5-7,10-13H2,1-4H3,(H,20,21). The number of nitrogens with one attached hydrogen (secondary N) is 1. The highest BCUT2D eigenvalue weighted by atomic mass is 16.5. The van der Waals surface area contributed by atoms with Gasteiger partial charge < -0.3 is 19.5 Å². The van der Waals surface area contributed by atoms with E-state index in [0.29, 0.717) is 37.8 Å². The first-order valence-electron chi connectivity index (χ1n) is 8.59. The Morgan fingerprint density at radius 1 is 1.21 bits per heavy atom. The van der Waals surface area contributed by atoms with Gasteiger partial charge in [-0.1, -0.05) is 26.7 Å². The zero-order valence-electron chi connectivity index (χ0n) is 15.3. The van der Waals surface area contributed by atoms with Crippen molar-refractivity contribution in [3.8, 4) is 5.88 Å². The number of ether oxygens (including phenoxy) is 3. The van der Waals surface area contributed by atoms with E-state index >= 15 is 0 Å². The van der Waals surface area contributed by atoms with Crippen LogP contribution in [-0.4, -0.2) is 43.4 Å². The van der Waals surface area contributed by atoms with E-state index in [1.54, 1.807) is 25.4 Å². The summed E-state index contributed by atoms with van der Waals surface area (Å²) in [6.07, 6.45) is 5.12. The highest BCUT2D eigenvalue weighted by Gasteiger charge is 2.33. The molecule has 1 amide bonds. The van der Waals surface area contributed by atoms with E-state index < -0.39 is 5.60 Å². The number of rotatable bonds is 12. The molecule has 0 aliphatic rings. The molecule has 1 atom stereocenters. The molecule has 1 N–H and O–H groups in total. The monoisotopic (exact) mass is 338 g/mol. The Balaban J connectivity index is 2.65. The minimum atomic E-state index is -0.820. The summed E-state index contributed by atoms with van der Waals surface area (Å²) in [7, 11) is 1.62. The van der Waals surface area contributed by atoms with E-state index in [0.717, 1.165) is 19.3 Å². The zero-order valence-corrected chi connectivity index (χ0v) is 15.3. The highest BCUT2D eigenvalue weighted by molar-refractivity contribution is 5.96. The zero-order chi connectivity index (χ0) is 17.8. The van der Waals surface area contributed by atoms with Gasteiger partial charge in [-0.3, -0.25) is 4.79 Å². The van der Waals surface area contributed by atoms with Crippen molar-refractivity contribution >= 4 is 11.6 Å². The second-order valence-corrected chi connectivity index (χ2v) is 5.86. The molecule has 1 aromatic rings. The number of hydrogen-bond donors (Lipinski definition) is 1. The molecule has 0 radical (unpaired) electrons. The van der Waals surface area contributed by atoms with Gasteiger partial charge in [0.2, 0.25) is 5.88 Å². The number of pyridine rings is 1. The number of carbonyl (C=O) groups excluding carboxylic acids is 1. The fraction of sp³-hybridized carbons (Fsp3) is 0.667. The molecule has 1 unspecified atom stereocenters. The van der Waals surface area contributed by atoms with Crippen LogP contribution in [0, 0.1) is 0 Å². The minimum absolute atomic E-state index is 0.140. The molecule has 0 aliphatic carbocycles. The molecular weight excluding hydrogens is 308 g/mol. The quantitative estimate of drug-likeness (QED) is 0.591. The van der Waals surface area contributed by atoms with Crippen LogP contribution < -0.4 is 10.1 Å². The van der Waals surface area contributed by atoms with E-state index in [1.807, 2.05) is 13.8 Å². The van der Waals surface area contributed by atoms with Crippen molar-refractivity contribution < 1.29 is 19.0 Å². The van der Waals surface area contributed by atoms with Crippen LogP contribution >= 0.6 is 0 Å². The first-order valence-corrected chi connectivity index (χ1v) is 8.59. The Labute approximate surface area is 144 Å². The number of carbonyl (C=O) groups is 1. The number of aromatic nitrogens is 1. The van der Waals surface area contributed by atoms with Crippen LogP contribution in [0.25, 0.3) is 0 Å². The molecule has 1 heterocycles. The lowest BCUT2D eigenvalue weighted by atomic mass is 9.97. The highest BCUT2D eigenvalue weighted by Crippen LogP contribution is 2.22. The molecule has 0 bridgehead atoms. The van der Waals surface area contributed by atoms with Gasteiger partial charge in [0, 0.05) is 19.8 Å². The van der Waals surface area contributed by atoms with Crippen molar-refractivity contribution in [3.63, 3.8) is 0 Å². The van der Waals surface area contributed by atoms with Gasteiger partial charge in [0.15, 0.2) is 0 Å². The van der Waals surface area contributed by atoms with Gasteiger partial charge in [0.25, 0.3) is 5.91 Å². The number of unbranched alkanes of at least 4 members (excludes halogenated alkanes) is 1. The predicted molar refractivity (Wildman–Crippen MR) is 94.4 cm³/mol. The summed E-state index contributed by atoms with van der Waals surface area (Å²) < 4.78 is 16.2. The number of nitrogens with zero attached hydrogens (tertiary/aromatic N) is 1. The summed E-state index contributed by atoms with van der Waals surface area (Å²) in [6, 6.07) is 3.49. The smallest absolute Gasteiger partial charge is 0.256 e. The third-order valence-electron chi connectivity index (χ3n) is 3.64. The molecule has 136 valence electrons. The van der Waals surface area contributed by atoms with Crippen LogP contribution in [0.4, 0.5) is 5.69 Å². The Morgan fingerprint density at radius 2 is 2.00 bits per heavy atom. The van der Waals surface area contributed by atoms with Crippen LogP contribution in [0.5, 0.6) is 5.88 Å². The first-order chi connectivity index (χ1) is 11.6. The van der Waals surface area contributed by atoms with Crippen molar-refractivity contribution in [2.45, 2.75) is 52.1 Å². The summed E-state index contributed by atoms with van der Waals surface area (Å²) in [5.41, 5.74) is -0.193. The van der Waals surface area contributed by atoms with Gasteiger partial charge in [-0.2, -0.15) is 0 Å². The number of anilines is 1. The van der Waals surface area contributed by atoms with E-state index in [4.69, 9.17) is 14.2 Å². The second kappa shape index (κ2) is 11.0. The van der Waals surface area contributed by atoms with Crippen molar-refractivity contribution in [1.29, 1.82) is 0 Å². The maximum Gasteiger partial charge on any atom is 0.256 e. The van der Waals surface area contributed by atoms with Crippen molar-refractivity contribution in [3.05, 3.63) is 18.3 Å². The number of amides is 1. The lowest BCUT2D eigenvalue weighted by molar-refractivity contribution is -0.140. The Bertz CT molecular complexity index is 468. The summed E-state index contributed by atoms with van der Waals surface area (Å²) >= 11 is 0. The van der Waals surface area contributed by atoms with Gasteiger partial charge in [-0.05, 0) is 25.8 Å². The van der Waals surface area contributed by atoms with Crippen LogP contribution in [0.3, 0.4) is 0 Å². The summed E-state index contributed by atoms with van der Waals surface area (Å²) in [4.78, 5) is 16.8. The molecule has 6 heteroatoms. The van der Waals surface area contributed by atoms with Crippen molar-refractivity contribution in [2.75, 3.05) is 32.2 Å². The van der Waals surface area contributed by atoms with Gasteiger partial charge in [0.05, 0.1) is 18.5 Å². The first kappa shape index (κ1) is 20.4. The van der Waals surface area contributed by atoms with Crippen molar-refractivity contribution in [1.82, 2.24) is 4.98 Å². The number of hydrogen-bond acceptors (Lipinski definition) is 5. The van der Waals surface area contributed by atoms with E-state index in [2.05, 4.69) is 17.2 Å². The molecule has 0 aromatic carbocycles. The molecular formula is C18H30N2O4. The molecule has 0 aliphatic heterocycles. The second-order valence-electron chi connectivity index (χ2n) is 5.86. The normalized spacial score (nSPS) is 13.3.